The summed E-state index contributed by atoms with van der Waals surface area (Å²) in [5, 5.41) is 0. The Hall–Kier alpha value is -1.59. The topological polar surface area (TPSA) is 44.8 Å². The second kappa shape index (κ2) is 6.37. The van der Waals surface area contributed by atoms with Crippen LogP contribution >= 0.6 is 0 Å². The van der Waals surface area contributed by atoms with E-state index in [1.807, 2.05) is 18.2 Å². The van der Waals surface area contributed by atoms with Crippen LogP contribution in [0.2, 0.25) is 19.6 Å². The van der Waals surface area contributed by atoms with Crippen molar-refractivity contribution >= 4 is 14.3 Å². The van der Waals surface area contributed by atoms with Gasteiger partial charge in [0.1, 0.15) is 11.4 Å². The average molecular weight is 349 g/mol. The molecule has 0 saturated heterocycles. The van der Waals surface area contributed by atoms with E-state index in [2.05, 4.69) is 40.4 Å². The number of ether oxygens (including phenoxy) is 2. The van der Waals surface area contributed by atoms with Crippen LogP contribution in [-0.2, 0) is 19.6 Å². The number of fused-ring (bicyclic) bond motifs is 1. The van der Waals surface area contributed by atoms with Crippen molar-refractivity contribution in [3.63, 3.8) is 0 Å². The minimum atomic E-state index is -1.95. The molecule has 0 N–H and O–H groups in total. The Morgan fingerprint density at radius 2 is 1.75 bits per heavy atom. The van der Waals surface area contributed by atoms with Crippen LogP contribution < -0.4 is 4.74 Å². The van der Waals surface area contributed by atoms with E-state index in [4.69, 9.17) is 13.9 Å². The summed E-state index contributed by atoms with van der Waals surface area (Å²) in [6, 6.07) is 5.84. The highest BCUT2D eigenvalue weighted by Gasteiger charge is 2.60. The molecule has 5 heteroatoms. The van der Waals surface area contributed by atoms with Crippen LogP contribution in [0.5, 0.6) is 5.75 Å². The number of esters is 1. The third-order valence-electron chi connectivity index (χ3n) is 4.36. The normalized spacial score (nSPS) is 22.2. The van der Waals surface area contributed by atoms with Crippen molar-refractivity contribution in [2.75, 3.05) is 7.11 Å². The zero-order valence-electron chi connectivity index (χ0n) is 15.9. The van der Waals surface area contributed by atoms with E-state index >= 15 is 0 Å². The Balaban J connectivity index is 2.77. The maximum absolute atomic E-state index is 11.7. The zero-order chi connectivity index (χ0) is 18.3. The van der Waals surface area contributed by atoms with Crippen LogP contribution in [-0.4, -0.2) is 21.4 Å². The van der Waals surface area contributed by atoms with Crippen LogP contribution in [0.1, 0.15) is 44.9 Å². The molecule has 0 amide bonds. The van der Waals surface area contributed by atoms with Crippen LogP contribution in [0.15, 0.2) is 29.3 Å². The molecule has 1 aliphatic rings. The van der Waals surface area contributed by atoms with E-state index < -0.39 is 20.0 Å². The third-order valence-corrected chi connectivity index (χ3v) is 5.29. The van der Waals surface area contributed by atoms with Crippen LogP contribution in [0.3, 0.4) is 0 Å². The highest BCUT2D eigenvalue weighted by molar-refractivity contribution is 6.69. The highest BCUT2D eigenvalue weighted by atomic mass is 28.4. The van der Waals surface area contributed by atoms with E-state index in [9.17, 15) is 4.79 Å². The monoisotopic (exact) mass is 348 g/mol. The summed E-state index contributed by atoms with van der Waals surface area (Å²) in [5.74, 6) is 0.466. The Morgan fingerprint density at radius 3 is 2.21 bits per heavy atom. The smallest absolute Gasteiger partial charge is 0.303 e. The Morgan fingerprint density at radius 1 is 1.12 bits per heavy atom. The van der Waals surface area contributed by atoms with Crippen molar-refractivity contribution in [1.29, 1.82) is 0 Å². The zero-order valence-corrected chi connectivity index (χ0v) is 16.9. The first kappa shape index (κ1) is 18.7. The van der Waals surface area contributed by atoms with Crippen molar-refractivity contribution < 1.29 is 18.7 Å². The van der Waals surface area contributed by atoms with Gasteiger partial charge in [-0.3, -0.25) is 4.79 Å². The molecule has 24 heavy (non-hydrogen) atoms. The number of rotatable bonds is 5. The molecule has 1 aromatic carbocycles. The summed E-state index contributed by atoms with van der Waals surface area (Å²) >= 11 is 0. The standard InChI is InChI=1S/C19H28O4Si/c1-12(2)13(3)19(23-24(6,7)8)17-15(18(19)22-14(4)20)10-9-11-16(17)21-5/h9-11,18H,1-8H3/t18-,19+/m0/s1. The second-order valence-electron chi connectivity index (χ2n) is 7.49. The molecule has 2 atom stereocenters. The number of carbonyl (C=O) groups is 1. The van der Waals surface area contributed by atoms with Crippen LogP contribution in [0, 0.1) is 0 Å². The number of hydrogen-bond donors (Lipinski definition) is 0. The van der Waals surface area contributed by atoms with Crippen molar-refractivity contribution in [3.05, 3.63) is 40.5 Å². The average Bonchev–Trinajstić information content (AvgIpc) is 2.47. The van der Waals surface area contributed by atoms with Gasteiger partial charge >= 0.3 is 5.97 Å². The molecule has 0 spiro atoms. The number of benzene rings is 1. The van der Waals surface area contributed by atoms with Crippen molar-refractivity contribution in [2.45, 2.75) is 59.0 Å². The third kappa shape index (κ3) is 3.02. The van der Waals surface area contributed by atoms with E-state index in [1.54, 1.807) is 7.11 Å². The fourth-order valence-electron chi connectivity index (χ4n) is 3.34. The summed E-state index contributed by atoms with van der Waals surface area (Å²) in [6.45, 7) is 14.0. The maximum Gasteiger partial charge on any atom is 0.303 e. The lowest BCUT2D eigenvalue weighted by molar-refractivity contribution is -0.165. The van der Waals surface area contributed by atoms with Gasteiger partial charge in [-0.2, -0.15) is 0 Å². The second-order valence-corrected chi connectivity index (χ2v) is 11.9. The lowest BCUT2D eigenvalue weighted by Crippen LogP contribution is -2.54. The molecule has 0 heterocycles. The molecule has 132 valence electrons. The molecule has 0 aliphatic heterocycles. The summed E-state index contributed by atoms with van der Waals surface area (Å²) in [6.07, 6.45) is -0.443. The summed E-state index contributed by atoms with van der Waals surface area (Å²) < 4.78 is 18.0. The fourth-order valence-corrected chi connectivity index (χ4v) is 4.67. The molecule has 0 unspecified atom stereocenters. The minimum Gasteiger partial charge on any atom is -0.496 e. The van der Waals surface area contributed by atoms with Gasteiger partial charge < -0.3 is 13.9 Å². The molecule has 0 radical (unpaired) electrons. The fraction of sp³-hybridized carbons (Fsp3) is 0.526. The quantitative estimate of drug-likeness (QED) is 0.439. The summed E-state index contributed by atoms with van der Waals surface area (Å²) in [7, 11) is -0.290. The molecular formula is C19H28O4Si. The first-order chi connectivity index (χ1) is 11.0. The van der Waals surface area contributed by atoms with E-state index in [-0.39, 0.29) is 5.97 Å². The SMILES string of the molecule is COc1cccc2c1[C@](O[Si](C)(C)C)(C(C)=C(C)C)[C@H]2OC(C)=O. The van der Waals surface area contributed by atoms with Gasteiger partial charge in [0.15, 0.2) is 14.4 Å². The number of hydrogen-bond acceptors (Lipinski definition) is 4. The van der Waals surface area contributed by atoms with E-state index in [0.29, 0.717) is 0 Å². The molecule has 4 nitrogen and oxygen atoms in total. The van der Waals surface area contributed by atoms with Gasteiger partial charge in [0, 0.05) is 18.1 Å². The molecule has 0 fully saturated rings. The van der Waals surface area contributed by atoms with Crippen LogP contribution in [0.4, 0.5) is 0 Å². The molecule has 1 aromatic rings. The van der Waals surface area contributed by atoms with Gasteiger partial charge in [0.2, 0.25) is 0 Å². The predicted molar refractivity (Wildman–Crippen MR) is 97.7 cm³/mol. The van der Waals surface area contributed by atoms with Gasteiger partial charge in [-0.1, -0.05) is 17.7 Å². The molecule has 0 aromatic heterocycles. The van der Waals surface area contributed by atoms with Crippen molar-refractivity contribution in [1.82, 2.24) is 0 Å². The lowest BCUT2D eigenvalue weighted by atomic mass is 9.65. The van der Waals surface area contributed by atoms with Gasteiger partial charge in [-0.15, -0.1) is 0 Å². The lowest BCUT2D eigenvalue weighted by Gasteiger charge is -2.53. The first-order valence-electron chi connectivity index (χ1n) is 8.24. The maximum atomic E-state index is 11.7. The van der Waals surface area contributed by atoms with E-state index in [1.165, 1.54) is 6.92 Å². The summed E-state index contributed by atoms with van der Waals surface area (Å²) in [5.41, 5.74) is 3.41. The highest BCUT2D eigenvalue weighted by Crippen LogP contribution is 2.61. The van der Waals surface area contributed by atoms with Gasteiger partial charge in [0.25, 0.3) is 0 Å². The molecule has 0 bridgehead atoms. The predicted octanol–water partition coefficient (Wildman–Crippen LogP) is 4.72. The summed E-state index contributed by atoms with van der Waals surface area (Å²) in [4.78, 5) is 11.7. The molecule has 2 rings (SSSR count). The van der Waals surface area contributed by atoms with Crippen molar-refractivity contribution in [3.8, 4) is 5.75 Å². The largest absolute Gasteiger partial charge is 0.496 e. The number of carbonyl (C=O) groups excluding carboxylic acids is 1. The van der Waals surface area contributed by atoms with Crippen LogP contribution in [0.25, 0.3) is 0 Å². The molecule has 1 aliphatic carbocycles. The van der Waals surface area contributed by atoms with E-state index in [0.717, 1.165) is 28.0 Å². The Bertz CT molecular complexity index is 683. The number of allylic oxidation sites excluding steroid dienone is 1. The minimum absolute atomic E-state index is 0.307. The Kier molecular flexibility index (Phi) is 4.98. The first-order valence-corrected chi connectivity index (χ1v) is 11.6. The van der Waals surface area contributed by atoms with Crippen molar-refractivity contribution in [2.24, 2.45) is 0 Å². The van der Waals surface area contributed by atoms with Gasteiger partial charge in [-0.25, -0.2) is 0 Å². The van der Waals surface area contributed by atoms with Gasteiger partial charge in [0.05, 0.1) is 7.11 Å². The van der Waals surface area contributed by atoms with Gasteiger partial charge in [-0.05, 0) is 52.1 Å². The molecule has 0 saturated carbocycles. The molecular weight excluding hydrogens is 320 g/mol. The Labute approximate surface area is 145 Å². The number of methoxy groups -OCH3 is 1.